The number of hydrogen-bond acceptors (Lipinski definition) is 5. The molecule has 0 spiro atoms. The highest BCUT2D eigenvalue weighted by Gasteiger charge is 2.14. The molecule has 0 amide bonds. The molecule has 0 bridgehead atoms. The van der Waals surface area contributed by atoms with E-state index in [1.165, 1.54) is 0 Å². The van der Waals surface area contributed by atoms with Crippen LogP contribution in [0, 0.1) is 0 Å². The molecule has 5 aromatic rings. The summed E-state index contributed by atoms with van der Waals surface area (Å²) in [5.41, 5.74) is 4.80. The lowest BCUT2D eigenvalue weighted by molar-refractivity contribution is 0.267. The van der Waals surface area contributed by atoms with Gasteiger partial charge >= 0.3 is 0 Å². The summed E-state index contributed by atoms with van der Waals surface area (Å²) in [5.74, 6) is 1.10. The van der Waals surface area contributed by atoms with Crippen molar-refractivity contribution >= 4 is 11.1 Å². The van der Waals surface area contributed by atoms with E-state index >= 15 is 0 Å². The quantitative estimate of drug-likeness (QED) is 0.360. The Labute approximate surface area is 179 Å². The van der Waals surface area contributed by atoms with Crippen molar-refractivity contribution in [2.75, 3.05) is 6.67 Å². The number of rotatable bonds is 7. The third-order valence-corrected chi connectivity index (χ3v) is 4.83. The van der Waals surface area contributed by atoms with Crippen molar-refractivity contribution in [3.63, 3.8) is 0 Å². The molecule has 0 unspecified atom stereocenters. The van der Waals surface area contributed by atoms with Gasteiger partial charge in [-0.2, -0.15) is 5.10 Å². The van der Waals surface area contributed by atoms with Gasteiger partial charge in [0.15, 0.2) is 12.2 Å². The minimum atomic E-state index is -0.484. The summed E-state index contributed by atoms with van der Waals surface area (Å²) in [7, 11) is 0. The molecule has 7 heteroatoms. The topological polar surface area (TPSA) is 66.0 Å². The Morgan fingerprint density at radius 2 is 1.87 bits per heavy atom. The Hall–Kier alpha value is -4.00. The van der Waals surface area contributed by atoms with Crippen LogP contribution in [0.15, 0.2) is 83.6 Å². The molecule has 0 radical (unpaired) electrons. The number of aryl methyl sites for hydroxylation is 1. The number of para-hydroxylation sites is 2. The van der Waals surface area contributed by atoms with Crippen molar-refractivity contribution in [3.8, 4) is 28.1 Å². The van der Waals surface area contributed by atoms with Crippen molar-refractivity contribution in [3.05, 3.63) is 85.1 Å². The molecular formula is C24H19FN4O2. The van der Waals surface area contributed by atoms with Gasteiger partial charge in [-0.25, -0.2) is 9.37 Å². The van der Waals surface area contributed by atoms with Gasteiger partial charge < -0.3 is 9.15 Å². The molecule has 0 N–H and O–H groups in total. The number of benzene rings is 2. The summed E-state index contributed by atoms with van der Waals surface area (Å²) in [6.07, 6.45) is 5.29. The van der Waals surface area contributed by atoms with Crippen LogP contribution in [0.25, 0.3) is 33.5 Å². The molecule has 0 aliphatic carbocycles. The minimum Gasteiger partial charge on any atom is -0.484 e. The van der Waals surface area contributed by atoms with E-state index in [0.717, 1.165) is 22.4 Å². The van der Waals surface area contributed by atoms with Crippen molar-refractivity contribution in [2.45, 2.75) is 13.2 Å². The van der Waals surface area contributed by atoms with E-state index < -0.39 is 6.67 Å². The van der Waals surface area contributed by atoms with Crippen LogP contribution in [0.5, 0.6) is 5.75 Å². The van der Waals surface area contributed by atoms with E-state index in [0.29, 0.717) is 28.8 Å². The number of pyridine rings is 1. The second-order valence-electron chi connectivity index (χ2n) is 6.89. The van der Waals surface area contributed by atoms with Crippen molar-refractivity contribution in [1.82, 2.24) is 19.7 Å². The Morgan fingerprint density at radius 1 is 1.03 bits per heavy atom. The van der Waals surface area contributed by atoms with Crippen molar-refractivity contribution in [1.29, 1.82) is 0 Å². The Kier molecular flexibility index (Phi) is 4.83. The first-order chi connectivity index (χ1) is 15.7. The molecule has 31 heavy (non-hydrogen) atoms. The number of halogens is 1. The number of fused-ring (bicyclic) bond motifs is 1. The Balaban J connectivity index is 1.36. The summed E-state index contributed by atoms with van der Waals surface area (Å²) in [6.45, 7) is -0.108. The zero-order chi connectivity index (χ0) is 21.9. The maximum atomic E-state index is 12.9. The van der Waals surface area contributed by atoms with E-state index in [-0.39, 0.29) is 13.2 Å². The van der Waals surface area contributed by atoms with Gasteiger partial charge in [-0.1, -0.05) is 12.1 Å². The van der Waals surface area contributed by atoms with E-state index in [1.807, 2.05) is 42.6 Å². The number of nitrogens with zero attached hydrogens (tertiary/aromatic N) is 4. The average molecular weight is 416 g/mol. The average Bonchev–Trinajstić information content (AvgIpc) is 3.42. The lowest BCUT2D eigenvalue weighted by Gasteiger charge is -2.06. The molecule has 0 fully saturated rings. The molecule has 2 aromatic carbocycles. The summed E-state index contributed by atoms with van der Waals surface area (Å²) < 4.78 is 33.6. The second kappa shape index (κ2) is 8.39. The highest BCUT2D eigenvalue weighted by Crippen LogP contribution is 2.32. The predicted octanol–water partition coefficient (Wildman–Crippen LogP) is 5.30. The molecule has 154 valence electrons. The van der Waals surface area contributed by atoms with Gasteiger partial charge in [0.05, 0.1) is 7.92 Å². The van der Waals surface area contributed by atoms with E-state index in [9.17, 15) is 4.39 Å². The number of oxazole rings is 1. The van der Waals surface area contributed by atoms with Crippen LogP contribution in [0.4, 0.5) is 4.39 Å². The van der Waals surface area contributed by atoms with Crippen LogP contribution < -0.4 is 4.74 Å². The highest BCUT2D eigenvalue weighted by atomic mass is 19.1. The fourth-order valence-electron chi connectivity index (χ4n) is 3.36. The Morgan fingerprint density at radius 3 is 2.68 bits per heavy atom. The standard InChI is InChI=1S/C24H19FN4O2/c25-11-14-29-15-20(17-9-12-26-13-10-17)24(28-29)18-5-7-19(8-6-18)30-16-23-27-21-3-1-2-4-22(21)31-23/h1-10,12-13,15H,11,14,16H2/i1T. The number of ether oxygens (including phenoxy) is 1. The zero-order valence-corrected chi connectivity index (χ0v) is 16.5. The van der Waals surface area contributed by atoms with Crippen LogP contribution in [0.2, 0.25) is 0 Å². The van der Waals surface area contributed by atoms with Gasteiger partial charge in [-0.15, -0.1) is 0 Å². The molecular weight excluding hydrogens is 395 g/mol. The van der Waals surface area contributed by atoms with E-state index in [1.54, 1.807) is 35.3 Å². The first-order valence-electron chi connectivity index (χ1n) is 10.3. The Bertz CT molecular complexity index is 1350. The highest BCUT2D eigenvalue weighted by molar-refractivity contribution is 5.80. The summed E-state index contributed by atoms with van der Waals surface area (Å²) in [4.78, 5) is 8.42. The molecule has 0 saturated heterocycles. The largest absolute Gasteiger partial charge is 0.484 e. The molecule has 0 saturated carbocycles. The maximum absolute atomic E-state index is 12.9. The normalized spacial score (nSPS) is 11.6. The predicted molar refractivity (Wildman–Crippen MR) is 115 cm³/mol. The fraction of sp³-hybridized carbons (Fsp3) is 0.125. The third kappa shape index (κ3) is 4.02. The van der Waals surface area contributed by atoms with Crippen molar-refractivity contribution in [2.24, 2.45) is 0 Å². The van der Waals surface area contributed by atoms with Crippen LogP contribution in [-0.2, 0) is 13.2 Å². The fourth-order valence-corrected chi connectivity index (χ4v) is 3.36. The van der Waals surface area contributed by atoms with Crippen LogP contribution in [-0.4, -0.2) is 26.4 Å². The summed E-state index contributed by atoms with van der Waals surface area (Å²) in [5, 5.41) is 4.58. The van der Waals surface area contributed by atoms with Crippen molar-refractivity contribution < 1.29 is 14.9 Å². The minimum absolute atomic E-state index is 0.175. The first-order valence-corrected chi connectivity index (χ1v) is 9.83. The lowest BCUT2D eigenvalue weighted by atomic mass is 10.0. The molecule has 3 heterocycles. The van der Waals surface area contributed by atoms with Crippen LogP contribution in [0.1, 0.15) is 7.26 Å². The number of aromatic nitrogens is 4. The van der Waals surface area contributed by atoms with Gasteiger partial charge in [0.25, 0.3) is 0 Å². The van der Waals surface area contributed by atoms with E-state index in [2.05, 4.69) is 15.1 Å². The van der Waals surface area contributed by atoms with Gasteiger partial charge in [0.1, 0.15) is 23.6 Å². The molecule has 0 atom stereocenters. The first kappa shape index (κ1) is 17.8. The molecule has 5 rings (SSSR count). The molecule has 6 nitrogen and oxygen atoms in total. The summed E-state index contributed by atoms with van der Waals surface area (Å²) in [6, 6.07) is 16.8. The summed E-state index contributed by atoms with van der Waals surface area (Å²) >= 11 is 0. The van der Waals surface area contributed by atoms with Gasteiger partial charge in [-0.3, -0.25) is 9.67 Å². The lowest BCUT2D eigenvalue weighted by Crippen LogP contribution is -1.99. The number of hydrogen-bond donors (Lipinski definition) is 0. The number of alkyl halides is 1. The zero-order valence-electron chi connectivity index (χ0n) is 17.5. The third-order valence-electron chi connectivity index (χ3n) is 4.83. The van der Waals surface area contributed by atoms with Gasteiger partial charge in [-0.05, 0) is 54.1 Å². The monoisotopic (exact) mass is 416 g/mol. The SMILES string of the molecule is [3H]c1ccc2oc(COc3ccc(-c4nn(CCF)cc4-c4ccncc4)cc3)nc2c1. The van der Waals surface area contributed by atoms with Crippen LogP contribution in [0.3, 0.4) is 0 Å². The van der Waals surface area contributed by atoms with Crippen LogP contribution >= 0.6 is 0 Å². The second-order valence-corrected chi connectivity index (χ2v) is 6.89. The maximum Gasteiger partial charge on any atom is 0.233 e. The van der Waals surface area contributed by atoms with Gasteiger partial charge in [0.2, 0.25) is 5.89 Å². The molecule has 3 aromatic heterocycles. The van der Waals surface area contributed by atoms with E-state index in [4.69, 9.17) is 10.5 Å². The smallest absolute Gasteiger partial charge is 0.233 e. The molecule has 0 aliphatic heterocycles. The van der Waals surface area contributed by atoms with Gasteiger partial charge in [0, 0.05) is 29.7 Å². The molecule has 0 aliphatic rings.